The Morgan fingerprint density at radius 1 is 1.57 bits per heavy atom. The van der Waals surface area contributed by atoms with Crippen LogP contribution in [0.5, 0.6) is 0 Å². The molecule has 0 saturated carbocycles. The lowest BCUT2D eigenvalue weighted by Crippen LogP contribution is -2.20. The number of nitrogens with zero attached hydrogens (tertiary/aromatic N) is 2. The van der Waals surface area contributed by atoms with E-state index < -0.39 is 0 Å². The highest BCUT2D eigenvalue weighted by atomic mass is 16.3. The highest BCUT2D eigenvalue weighted by molar-refractivity contribution is 5.08. The molecule has 0 aliphatic carbocycles. The second-order valence-electron chi connectivity index (χ2n) is 3.93. The van der Waals surface area contributed by atoms with Crippen LogP contribution < -0.4 is 0 Å². The lowest BCUT2D eigenvalue weighted by Gasteiger charge is -2.14. The topological polar surface area (TPSA) is 36.4 Å². The van der Waals surface area contributed by atoms with Gasteiger partial charge in [-0.25, -0.2) is 0 Å². The van der Waals surface area contributed by atoms with Gasteiger partial charge in [0.25, 0.3) is 0 Å². The van der Waals surface area contributed by atoms with Crippen molar-refractivity contribution in [2.24, 2.45) is 5.92 Å². The highest BCUT2D eigenvalue weighted by Gasteiger charge is 2.21. The van der Waals surface area contributed by atoms with Crippen molar-refractivity contribution < 1.29 is 5.11 Å². The van der Waals surface area contributed by atoms with E-state index in [1.165, 1.54) is 5.56 Å². The molecule has 3 heteroatoms. The zero-order valence-corrected chi connectivity index (χ0v) is 8.26. The lowest BCUT2D eigenvalue weighted by atomic mass is 10.1. The molecule has 0 amide bonds. The molecule has 76 valence electrons. The van der Waals surface area contributed by atoms with Crippen LogP contribution in [0.1, 0.15) is 12.0 Å². The van der Waals surface area contributed by atoms with Crippen molar-refractivity contribution in [3.8, 4) is 0 Å². The molecule has 0 unspecified atom stereocenters. The van der Waals surface area contributed by atoms with Gasteiger partial charge in [-0.2, -0.15) is 0 Å². The second-order valence-corrected chi connectivity index (χ2v) is 3.93. The van der Waals surface area contributed by atoms with E-state index in [1.54, 1.807) is 6.20 Å². The van der Waals surface area contributed by atoms with Crippen molar-refractivity contribution in [1.82, 2.24) is 9.88 Å². The molecule has 1 atom stereocenters. The monoisotopic (exact) mass is 192 g/mol. The fourth-order valence-electron chi connectivity index (χ4n) is 1.96. The summed E-state index contributed by atoms with van der Waals surface area (Å²) in [5.41, 5.74) is 1.26. The molecule has 1 aromatic heterocycles. The van der Waals surface area contributed by atoms with Gasteiger partial charge < -0.3 is 5.11 Å². The van der Waals surface area contributed by atoms with Gasteiger partial charge in [-0.15, -0.1) is 0 Å². The minimum absolute atomic E-state index is 0.323. The first kappa shape index (κ1) is 9.62. The summed E-state index contributed by atoms with van der Waals surface area (Å²) in [6.45, 7) is 3.40. The summed E-state index contributed by atoms with van der Waals surface area (Å²) >= 11 is 0. The van der Waals surface area contributed by atoms with Gasteiger partial charge in [0, 0.05) is 32.1 Å². The molecule has 2 heterocycles. The smallest absolute Gasteiger partial charge is 0.0471 e. The van der Waals surface area contributed by atoms with Crippen molar-refractivity contribution in [3.63, 3.8) is 0 Å². The van der Waals surface area contributed by atoms with Crippen molar-refractivity contribution in [1.29, 1.82) is 0 Å². The van der Waals surface area contributed by atoms with Crippen LogP contribution in [-0.4, -0.2) is 34.7 Å². The molecule has 0 aromatic carbocycles. The largest absolute Gasteiger partial charge is 0.396 e. The molecule has 0 spiro atoms. The number of hydrogen-bond donors (Lipinski definition) is 1. The van der Waals surface area contributed by atoms with Gasteiger partial charge in [-0.05, 0) is 30.5 Å². The maximum Gasteiger partial charge on any atom is 0.0471 e. The van der Waals surface area contributed by atoms with Crippen molar-refractivity contribution in [2.45, 2.75) is 13.0 Å². The molecule has 3 nitrogen and oxygen atoms in total. The number of aliphatic hydroxyl groups is 1. The van der Waals surface area contributed by atoms with Gasteiger partial charge in [0.05, 0.1) is 0 Å². The summed E-state index contributed by atoms with van der Waals surface area (Å²) in [5.74, 6) is 0.478. The maximum absolute atomic E-state index is 9.01. The molecule has 1 aliphatic heterocycles. The first-order valence-corrected chi connectivity index (χ1v) is 5.10. The van der Waals surface area contributed by atoms with Crippen LogP contribution in [-0.2, 0) is 6.54 Å². The summed E-state index contributed by atoms with van der Waals surface area (Å²) < 4.78 is 0. The van der Waals surface area contributed by atoms with Gasteiger partial charge in [-0.1, -0.05) is 6.07 Å². The molecule has 1 saturated heterocycles. The second kappa shape index (κ2) is 4.53. The summed E-state index contributed by atoms with van der Waals surface area (Å²) in [7, 11) is 0. The highest BCUT2D eigenvalue weighted by Crippen LogP contribution is 2.17. The standard InChI is InChI=1S/C11H16N2O/c14-9-11-3-5-13(8-11)7-10-2-1-4-12-6-10/h1-2,4,6,11,14H,3,5,7-9H2/t11-/m1/s1. The molecule has 1 aliphatic rings. The average molecular weight is 192 g/mol. The summed E-state index contributed by atoms with van der Waals surface area (Å²) in [6, 6.07) is 4.06. The van der Waals surface area contributed by atoms with E-state index >= 15 is 0 Å². The Balaban J connectivity index is 1.88. The molecule has 0 radical (unpaired) electrons. The zero-order chi connectivity index (χ0) is 9.80. The van der Waals surface area contributed by atoms with Crippen LogP contribution in [0.4, 0.5) is 0 Å². The number of pyridine rings is 1. The predicted octanol–water partition coefficient (Wildman–Crippen LogP) is 0.896. The van der Waals surface area contributed by atoms with Gasteiger partial charge in [0.1, 0.15) is 0 Å². The van der Waals surface area contributed by atoms with Crippen LogP contribution in [0.15, 0.2) is 24.5 Å². The van der Waals surface area contributed by atoms with Crippen molar-refractivity contribution in [3.05, 3.63) is 30.1 Å². The Labute approximate surface area is 84.4 Å². The van der Waals surface area contributed by atoms with Gasteiger partial charge >= 0.3 is 0 Å². The summed E-state index contributed by atoms with van der Waals surface area (Å²) in [6.07, 6.45) is 4.83. The molecule has 0 bridgehead atoms. The Hall–Kier alpha value is -0.930. The minimum Gasteiger partial charge on any atom is -0.396 e. The van der Waals surface area contributed by atoms with Crippen molar-refractivity contribution >= 4 is 0 Å². The van der Waals surface area contributed by atoms with Crippen LogP contribution >= 0.6 is 0 Å². The number of rotatable bonds is 3. The molecule has 1 N–H and O–H groups in total. The minimum atomic E-state index is 0.323. The maximum atomic E-state index is 9.01. The average Bonchev–Trinajstić information content (AvgIpc) is 2.67. The Bertz CT molecular complexity index is 276. The number of aromatic nitrogens is 1. The first-order chi connectivity index (χ1) is 6.88. The Morgan fingerprint density at radius 2 is 2.50 bits per heavy atom. The lowest BCUT2D eigenvalue weighted by molar-refractivity contribution is 0.220. The summed E-state index contributed by atoms with van der Waals surface area (Å²) in [5, 5.41) is 9.01. The quantitative estimate of drug-likeness (QED) is 0.773. The van der Waals surface area contributed by atoms with E-state index in [1.807, 2.05) is 12.3 Å². The van der Waals surface area contributed by atoms with E-state index in [2.05, 4.69) is 16.0 Å². The molecule has 1 fully saturated rings. The van der Waals surface area contributed by atoms with Gasteiger partial charge in [-0.3, -0.25) is 9.88 Å². The third-order valence-electron chi connectivity index (χ3n) is 2.76. The van der Waals surface area contributed by atoms with E-state index in [0.29, 0.717) is 12.5 Å². The zero-order valence-electron chi connectivity index (χ0n) is 8.26. The van der Waals surface area contributed by atoms with Crippen molar-refractivity contribution in [2.75, 3.05) is 19.7 Å². The Kier molecular flexibility index (Phi) is 3.11. The van der Waals surface area contributed by atoms with Gasteiger partial charge in [0.2, 0.25) is 0 Å². The fraction of sp³-hybridized carbons (Fsp3) is 0.545. The number of hydrogen-bond acceptors (Lipinski definition) is 3. The van der Waals surface area contributed by atoms with E-state index in [0.717, 1.165) is 26.1 Å². The molecule has 1 aromatic rings. The first-order valence-electron chi connectivity index (χ1n) is 5.10. The number of aliphatic hydroxyl groups excluding tert-OH is 1. The third kappa shape index (κ3) is 2.30. The molecular formula is C11H16N2O. The van der Waals surface area contributed by atoms with Crippen LogP contribution in [0.3, 0.4) is 0 Å². The number of likely N-dealkylation sites (tertiary alicyclic amines) is 1. The molecular weight excluding hydrogens is 176 g/mol. The third-order valence-corrected chi connectivity index (χ3v) is 2.76. The van der Waals surface area contributed by atoms with E-state index in [-0.39, 0.29) is 0 Å². The van der Waals surface area contributed by atoms with E-state index in [4.69, 9.17) is 5.11 Å². The van der Waals surface area contributed by atoms with Crippen LogP contribution in [0.25, 0.3) is 0 Å². The fourth-order valence-corrected chi connectivity index (χ4v) is 1.96. The SMILES string of the molecule is OC[C@@H]1CCN(Cc2cccnc2)C1. The van der Waals surface area contributed by atoms with Crippen LogP contribution in [0.2, 0.25) is 0 Å². The molecule has 2 rings (SSSR count). The van der Waals surface area contributed by atoms with E-state index in [9.17, 15) is 0 Å². The summed E-state index contributed by atoms with van der Waals surface area (Å²) in [4.78, 5) is 6.46. The molecule has 14 heavy (non-hydrogen) atoms. The van der Waals surface area contributed by atoms with Crippen LogP contribution in [0, 0.1) is 5.92 Å². The van der Waals surface area contributed by atoms with Gasteiger partial charge in [0.15, 0.2) is 0 Å². The normalized spacial score (nSPS) is 22.8. The Morgan fingerprint density at radius 3 is 3.14 bits per heavy atom. The predicted molar refractivity (Wildman–Crippen MR) is 54.7 cm³/mol.